The van der Waals surface area contributed by atoms with E-state index in [0.29, 0.717) is 18.0 Å². The summed E-state index contributed by atoms with van der Waals surface area (Å²) in [4.78, 5) is 14.6. The maximum Gasteiger partial charge on any atom is 0.222 e. The number of carbonyl (C=O) groups is 1. The van der Waals surface area contributed by atoms with Gasteiger partial charge >= 0.3 is 0 Å². The summed E-state index contributed by atoms with van der Waals surface area (Å²) < 4.78 is 12.1. The molecule has 7 heteroatoms. The minimum absolute atomic E-state index is 0.0775. The van der Waals surface area contributed by atoms with Crippen LogP contribution in [0, 0.1) is 0 Å². The third kappa shape index (κ3) is 4.41. The van der Waals surface area contributed by atoms with Crippen molar-refractivity contribution >= 4 is 23.2 Å². The van der Waals surface area contributed by atoms with Crippen LogP contribution in [0.1, 0.15) is 29.9 Å². The van der Waals surface area contributed by atoms with Gasteiger partial charge in [-0.05, 0) is 42.3 Å². The molecule has 2 heterocycles. The first-order valence-electron chi connectivity index (χ1n) is 10.2. The van der Waals surface area contributed by atoms with E-state index in [2.05, 4.69) is 16.3 Å². The van der Waals surface area contributed by atoms with Crippen molar-refractivity contribution in [2.24, 2.45) is 0 Å². The molecule has 0 radical (unpaired) electrons. The minimum atomic E-state index is -0.451. The molecule has 2 aromatic carbocycles. The smallest absolute Gasteiger partial charge is 0.222 e. The molecule has 1 fully saturated rings. The van der Waals surface area contributed by atoms with Gasteiger partial charge in [-0.2, -0.15) is 0 Å². The van der Waals surface area contributed by atoms with Crippen molar-refractivity contribution in [2.75, 3.05) is 25.6 Å². The topological polar surface area (TPSA) is 71.0 Å². The number of carbonyl (C=O) groups excluding carboxylic acids is 1. The van der Waals surface area contributed by atoms with Crippen molar-refractivity contribution in [1.29, 1.82) is 0 Å². The quantitative estimate of drug-likeness (QED) is 0.736. The van der Waals surface area contributed by atoms with Crippen molar-refractivity contribution < 1.29 is 19.4 Å². The number of rotatable bonds is 6. The number of fused-ring (bicyclic) bond motifs is 3. The van der Waals surface area contributed by atoms with Crippen molar-refractivity contribution in [3.63, 3.8) is 0 Å². The van der Waals surface area contributed by atoms with E-state index < -0.39 is 6.10 Å². The third-order valence-corrected chi connectivity index (χ3v) is 6.07. The molecule has 2 aliphatic heterocycles. The summed E-state index contributed by atoms with van der Waals surface area (Å²) >= 11 is 5.90. The zero-order valence-corrected chi connectivity index (χ0v) is 17.9. The lowest BCUT2D eigenvalue weighted by molar-refractivity contribution is -0.142. The zero-order chi connectivity index (χ0) is 21.3. The average Bonchev–Trinajstić information content (AvgIpc) is 3.10. The molecule has 0 unspecified atom stereocenters. The molecule has 2 aliphatic rings. The molecular formula is C23H27ClN2O4. The van der Waals surface area contributed by atoms with Crippen LogP contribution in [0.3, 0.4) is 0 Å². The zero-order valence-electron chi connectivity index (χ0n) is 17.2. The molecule has 0 bridgehead atoms. The fourth-order valence-electron chi connectivity index (χ4n) is 4.24. The normalized spacial score (nSPS) is 24.5. The number of nitrogens with zero attached hydrogens (tertiary/aromatic N) is 1. The van der Waals surface area contributed by atoms with Crippen LogP contribution in [0.4, 0.5) is 5.69 Å². The Morgan fingerprint density at radius 2 is 2.00 bits per heavy atom. The lowest BCUT2D eigenvalue weighted by Crippen LogP contribution is -2.47. The number of aliphatic hydroxyl groups excluding tert-OH is 1. The highest BCUT2D eigenvalue weighted by atomic mass is 35.5. The van der Waals surface area contributed by atoms with E-state index in [1.807, 2.05) is 38.4 Å². The Hall–Kier alpha value is -2.28. The Bertz CT molecular complexity index is 903. The van der Waals surface area contributed by atoms with Gasteiger partial charge in [0.2, 0.25) is 5.91 Å². The summed E-state index contributed by atoms with van der Waals surface area (Å²) in [7, 11) is 4.01. The number of nitrogens with one attached hydrogen (secondary N) is 1. The highest BCUT2D eigenvalue weighted by molar-refractivity contribution is 6.30. The van der Waals surface area contributed by atoms with Gasteiger partial charge in [0, 0.05) is 42.8 Å². The SMILES string of the molecule is CN(C)c1ccc2c(c1)[C@@H]1C[C@H](CC(=O)NCc3ccc(Cl)cc3)O[C@@H](CO)[C@@H]1O2. The van der Waals surface area contributed by atoms with E-state index in [0.717, 1.165) is 22.6 Å². The van der Waals surface area contributed by atoms with Crippen molar-refractivity contribution in [1.82, 2.24) is 5.32 Å². The first-order chi connectivity index (χ1) is 14.4. The summed E-state index contributed by atoms with van der Waals surface area (Å²) in [5.74, 6) is 0.858. The van der Waals surface area contributed by atoms with Crippen LogP contribution in [-0.4, -0.2) is 50.0 Å². The van der Waals surface area contributed by atoms with Crippen molar-refractivity contribution in [3.05, 3.63) is 58.6 Å². The predicted molar refractivity (Wildman–Crippen MR) is 116 cm³/mol. The van der Waals surface area contributed by atoms with Gasteiger partial charge in [-0.3, -0.25) is 4.79 Å². The minimum Gasteiger partial charge on any atom is -0.487 e. The van der Waals surface area contributed by atoms with Crippen LogP contribution < -0.4 is 15.0 Å². The molecule has 30 heavy (non-hydrogen) atoms. The molecule has 2 N–H and O–H groups in total. The van der Waals surface area contributed by atoms with E-state index >= 15 is 0 Å². The lowest BCUT2D eigenvalue weighted by Gasteiger charge is -2.37. The van der Waals surface area contributed by atoms with Gasteiger partial charge in [-0.1, -0.05) is 23.7 Å². The summed E-state index contributed by atoms with van der Waals surface area (Å²) in [6, 6.07) is 13.5. The van der Waals surface area contributed by atoms with Crippen LogP contribution in [0.15, 0.2) is 42.5 Å². The monoisotopic (exact) mass is 430 g/mol. The number of ether oxygens (including phenoxy) is 2. The number of hydrogen-bond acceptors (Lipinski definition) is 5. The molecule has 0 aliphatic carbocycles. The Morgan fingerprint density at radius 3 is 2.70 bits per heavy atom. The van der Waals surface area contributed by atoms with Crippen molar-refractivity contribution in [3.8, 4) is 5.75 Å². The lowest BCUT2D eigenvalue weighted by atomic mass is 9.84. The van der Waals surface area contributed by atoms with E-state index in [1.165, 1.54) is 0 Å². The van der Waals surface area contributed by atoms with Crippen LogP contribution in [0.5, 0.6) is 5.75 Å². The second-order valence-corrected chi connectivity index (χ2v) is 8.56. The van der Waals surface area contributed by atoms with E-state index in [-0.39, 0.29) is 37.1 Å². The molecular weight excluding hydrogens is 404 g/mol. The highest BCUT2D eigenvalue weighted by Crippen LogP contribution is 2.47. The van der Waals surface area contributed by atoms with Gasteiger partial charge in [0.1, 0.15) is 18.0 Å². The summed E-state index contributed by atoms with van der Waals surface area (Å²) in [6.45, 7) is 0.301. The largest absolute Gasteiger partial charge is 0.487 e. The second-order valence-electron chi connectivity index (χ2n) is 8.13. The average molecular weight is 431 g/mol. The van der Waals surface area contributed by atoms with Crippen LogP contribution >= 0.6 is 11.6 Å². The van der Waals surface area contributed by atoms with E-state index in [1.54, 1.807) is 12.1 Å². The Balaban J connectivity index is 1.42. The van der Waals surface area contributed by atoms with Crippen molar-refractivity contribution in [2.45, 2.75) is 43.6 Å². The molecule has 1 amide bonds. The van der Waals surface area contributed by atoms with Gasteiger partial charge in [0.05, 0.1) is 19.1 Å². The van der Waals surface area contributed by atoms with Gasteiger partial charge in [0.25, 0.3) is 0 Å². The standard InChI is InChI=1S/C23H27ClN2O4/c1-26(2)16-7-8-20-18(9-16)19-10-17(29-21(13-27)23(19)30-20)11-22(28)25-12-14-3-5-15(24)6-4-14/h3-9,17,19,21,23,27H,10-13H2,1-2H3,(H,25,28)/t17-,19+,21+,23-/m1/s1. The van der Waals surface area contributed by atoms with Gasteiger partial charge < -0.3 is 24.8 Å². The first kappa shape index (κ1) is 21.0. The molecule has 6 nitrogen and oxygen atoms in total. The molecule has 1 saturated heterocycles. The molecule has 4 rings (SSSR count). The molecule has 0 saturated carbocycles. The number of hydrogen-bond donors (Lipinski definition) is 2. The van der Waals surface area contributed by atoms with Gasteiger partial charge in [-0.15, -0.1) is 0 Å². The van der Waals surface area contributed by atoms with Gasteiger partial charge in [-0.25, -0.2) is 0 Å². The van der Waals surface area contributed by atoms with E-state index in [9.17, 15) is 9.90 Å². The molecule has 4 atom stereocenters. The highest BCUT2D eigenvalue weighted by Gasteiger charge is 2.46. The van der Waals surface area contributed by atoms with Crippen LogP contribution in [-0.2, 0) is 16.1 Å². The van der Waals surface area contributed by atoms with E-state index in [4.69, 9.17) is 21.1 Å². The second kappa shape index (κ2) is 8.84. The number of benzene rings is 2. The summed E-state index contributed by atoms with van der Waals surface area (Å²) in [5, 5.41) is 13.5. The van der Waals surface area contributed by atoms with Crippen LogP contribution in [0.25, 0.3) is 0 Å². The Kier molecular flexibility index (Phi) is 6.18. The number of halogens is 1. The number of amides is 1. The van der Waals surface area contributed by atoms with Crippen LogP contribution in [0.2, 0.25) is 5.02 Å². The maximum absolute atomic E-state index is 12.5. The maximum atomic E-state index is 12.5. The molecule has 0 aromatic heterocycles. The third-order valence-electron chi connectivity index (χ3n) is 5.82. The number of aliphatic hydroxyl groups is 1. The van der Waals surface area contributed by atoms with Gasteiger partial charge in [0.15, 0.2) is 0 Å². The fraction of sp³-hybridized carbons (Fsp3) is 0.435. The first-order valence-corrected chi connectivity index (χ1v) is 10.6. The summed E-state index contributed by atoms with van der Waals surface area (Å²) in [6.07, 6.45) is -0.0231. The molecule has 0 spiro atoms. The fourth-order valence-corrected chi connectivity index (χ4v) is 4.36. The predicted octanol–water partition coefficient (Wildman–Crippen LogP) is 3.11. The summed E-state index contributed by atoms with van der Waals surface area (Å²) in [5.41, 5.74) is 3.21. The molecule has 160 valence electrons. The Labute approximate surface area is 181 Å². The number of anilines is 1. The molecule has 2 aromatic rings. The Morgan fingerprint density at radius 1 is 1.23 bits per heavy atom.